The Morgan fingerprint density at radius 1 is 1.16 bits per heavy atom. The lowest BCUT2D eigenvalue weighted by molar-refractivity contribution is -0.128. The minimum Gasteiger partial charge on any atom is -0.490 e. The van der Waals surface area contributed by atoms with E-state index in [1.807, 2.05) is 43.0 Å². The minimum atomic E-state index is -0.150. The summed E-state index contributed by atoms with van der Waals surface area (Å²) in [6.45, 7) is 7.44. The zero-order valence-corrected chi connectivity index (χ0v) is 22.4. The van der Waals surface area contributed by atoms with E-state index in [2.05, 4.69) is 41.0 Å². The number of piperidine rings is 1. The molecule has 2 N–H and O–H groups in total. The fraction of sp³-hybridized carbons (Fsp3) is 0.400. The molecule has 2 aliphatic rings. The van der Waals surface area contributed by atoms with E-state index in [1.165, 1.54) is 9.75 Å². The first kappa shape index (κ1) is 25.5. The van der Waals surface area contributed by atoms with Crippen LogP contribution in [0.5, 0.6) is 5.75 Å². The third kappa shape index (κ3) is 6.22. The molecule has 1 atom stereocenters. The van der Waals surface area contributed by atoms with Gasteiger partial charge in [0, 0.05) is 28.3 Å². The molecule has 2 amide bonds. The van der Waals surface area contributed by atoms with Gasteiger partial charge in [-0.15, -0.1) is 11.3 Å². The monoisotopic (exact) mass is 517 g/mol. The summed E-state index contributed by atoms with van der Waals surface area (Å²) in [5.74, 6) is 0.904. The lowest BCUT2D eigenvalue weighted by atomic mass is 10.0. The third-order valence-corrected chi connectivity index (χ3v) is 8.36. The van der Waals surface area contributed by atoms with Gasteiger partial charge in [-0.25, -0.2) is 0 Å². The molecule has 7 heteroatoms. The molecule has 2 aliphatic heterocycles. The molecule has 37 heavy (non-hydrogen) atoms. The van der Waals surface area contributed by atoms with Crippen molar-refractivity contribution >= 4 is 23.2 Å². The Morgan fingerprint density at radius 2 is 2.00 bits per heavy atom. The Morgan fingerprint density at radius 3 is 2.78 bits per heavy atom. The highest BCUT2D eigenvalue weighted by atomic mass is 32.1. The highest BCUT2D eigenvalue weighted by Gasteiger charge is 2.21. The Kier molecular flexibility index (Phi) is 7.91. The van der Waals surface area contributed by atoms with Crippen LogP contribution in [0.2, 0.25) is 0 Å². The Bertz CT molecular complexity index is 1260. The van der Waals surface area contributed by atoms with E-state index in [9.17, 15) is 9.59 Å². The number of aryl methyl sites for hydroxylation is 1. The highest BCUT2D eigenvalue weighted by Crippen LogP contribution is 2.31. The zero-order chi connectivity index (χ0) is 25.8. The van der Waals surface area contributed by atoms with Gasteiger partial charge in [0.15, 0.2) is 0 Å². The second-order valence-electron chi connectivity index (χ2n) is 10.0. The number of thiophene rings is 1. The topological polar surface area (TPSA) is 70.7 Å². The lowest BCUT2D eigenvalue weighted by Gasteiger charge is -2.24. The van der Waals surface area contributed by atoms with Gasteiger partial charge in [-0.3, -0.25) is 9.59 Å². The molecule has 194 valence electrons. The van der Waals surface area contributed by atoms with Crippen molar-refractivity contribution in [2.75, 3.05) is 19.6 Å². The minimum absolute atomic E-state index is 0.0974. The molecule has 2 saturated heterocycles. The fourth-order valence-corrected chi connectivity index (χ4v) is 6.04. The van der Waals surface area contributed by atoms with Gasteiger partial charge in [-0.1, -0.05) is 24.3 Å². The molecule has 5 rings (SSSR count). The van der Waals surface area contributed by atoms with Gasteiger partial charge < -0.3 is 20.3 Å². The maximum Gasteiger partial charge on any atom is 0.252 e. The summed E-state index contributed by atoms with van der Waals surface area (Å²) in [6, 6.07) is 18.2. The Hall–Kier alpha value is -3.16. The van der Waals surface area contributed by atoms with Crippen molar-refractivity contribution in [3.63, 3.8) is 0 Å². The van der Waals surface area contributed by atoms with E-state index in [0.717, 1.165) is 61.3 Å². The average molecular weight is 518 g/mol. The molecule has 0 spiro atoms. The summed E-state index contributed by atoms with van der Waals surface area (Å²) in [5.41, 5.74) is 3.75. The summed E-state index contributed by atoms with van der Waals surface area (Å²) in [5, 5.41) is 6.53. The largest absolute Gasteiger partial charge is 0.490 e. The summed E-state index contributed by atoms with van der Waals surface area (Å²) in [4.78, 5) is 29.5. The van der Waals surface area contributed by atoms with Crippen molar-refractivity contribution in [3.05, 3.63) is 76.2 Å². The van der Waals surface area contributed by atoms with E-state index in [0.29, 0.717) is 18.5 Å². The molecule has 3 aromatic rings. The standard InChI is InChI=1S/C30H35N3O3S/c1-20-8-9-25(36-24-12-14-31-15-13-24)18-27(20)30(35)32-21(2)22-5-3-6-23(17-22)28-11-10-26(37-28)19-33-16-4-7-29(33)34/h3,5-6,8-11,17-18,21,24,31H,4,7,12-16,19H2,1-2H3,(H,32,35). The van der Waals surface area contributed by atoms with Crippen molar-refractivity contribution in [3.8, 4) is 16.2 Å². The first-order valence-electron chi connectivity index (χ1n) is 13.2. The molecular weight excluding hydrogens is 482 g/mol. The molecule has 0 radical (unpaired) electrons. The maximum atomic E-state index is 13.2. The van der Waals surface area contributed by atoms with Crippen LogP contribution in [-0.4, -0.2) is 42.5 Å². The fourth-order valence-electron chi connectivity index (χ4n) is 5.02. The summed E-state index contributed by atoms with van der Waals surface area (Å²) in [7, 11) is 0. The summed E-state index contributed by atoms with van der Waals surface area (Å²) >= 11 is 1.72. The van der Waals surface area contributed by atoms with Gasteiger partial charge in [0.05, 0.1) is 12.6 Å². The predicted octanol–water partition coefficient (Wildman–Crippen LogP) is 5.47. The Balaban J connectivity index is 1.25. The van der Waals surface area contributed by atoms with Crippen LogP contribution < -0.4 is 15.4 Å². The highest BCUT2D eigenvalue weighted by molar-refractivity contribution is 7.15. The maximum absolute atomic E-state index is 13.2. The number of hydrogen-bond acceptors (Lipinski definition) is 5. The number of likely N-dealkylation sites (tertiary alicyclic amines) is 1. The van der Waals surface area contributed by atoms with Crippen LogP contribution in [0.15, 0.2) is 54.6 Å². The number of carbonyl (C=O) groups is 2. The summed E-state index contributed by atoms with van der Waals surface area (Å²) in [6.07, 6.45) is 3.77. The third-order valence-electron chi connectivity index (χ3n) is 7.24. The van der Waals surface area contributed by atoms with Crippen LogP contribution in [0.3, 0.4) is 0 Å². The number of hydrogen-bond donors (Lipinski definition) is 2. The van der Waals surface area contributed by atoms with Crippen LogP contribution in [-0.2, 0) is 11.3 Å². The van der Waals surface area contributed by atoms with E-state index in [4.69, 9.17) is 4.74 Å². The molecule has 2 aromatic carbocycles. The zero-order valence-electron chi connectivity index (χ0n) is 21.6. The lowest BCUT2D eigenvalue weighted by Crippen LogP contribution is -2.34. The molecule has 1 unspecified atom stereocenters. The number of amides is 2. The molecule has 6 nitrogen and oxygen atoms in total. The molecule has 3 heterocycles. The van der Waals surface area contributed by atoms with Crippen molar-refractivity contribution in [2.45, 2.75) is 58.2 Å². The second-order valence-corrected chi connectivity index (χ2v) is 11.2. The van der Waals surface area contributed by atoms with Crippen molar-refractivity contribution < 1.29 is 14.3 Å². The van der Waals surface area contributed by atoms with Crippen LogP contribution in [0.1, 0.15) is 65.0 Å². The van der Waals surface area contributed by atoms with E-state index < -0.39 is 0 Å². The number of benzene rings is 2. The average Bonchev–Trinajstić information content (AvgIpc) is 3.55. The Labute approximate surface area is 223 Å². The number of nitrogens with zero attached hydrogens (tertiary/aromatic N) is 1. The molecule has 0 aliphatic carbocycles. The summed E-state index contributed by atoms with van der Waals surface area (Å²) < 4.78 is 6.16. The van der Waals surface area contributed by atoms with Gasteiger partial charge in [0.1, 0.15) is 11.9 Å². The quantitative estimate of drug-likeness (QED) is 0.416. The van der Waals surface area contributed by atoms with Crippen LogP contribution in [0, 0.1) is 6.92 Å². The van der Waals surface area contributed by atoms with Crippen molar-refractivity contribution in [1.29, 1.82) is 0 Å². The first-order valence-corrected chi connectivity index (χ1v) is 14.0. The predicted molar refractivity (Wildman–Crippen MR) is 148 cm³/mol. The van der Waals surface area contributed by atoms with E-state index >= 15 is 0 Å². The van der Waals surface area contributed by atoms with Crippen LogP contribution >= 0.6 is 11.3 Å². The first-order chi connectivity index (χ1) is 18.0. The number of carbonyl (C=O) groups excluding carboxylic acids is 2. The van der Waals surface area contributed by atoms with Crippen LogP contribution in [0.4, 0.5) is 0 Å². The van der Waals surface area contributed by atoms with Gasteiger partial charge in [0.2, 0.25) is 5.91 Å². The van der Waals surface area contributed by atoms with Crippen LogP contribution in [0.25, 0.3) is 10.4 Å². The number of rotatable bonds is 8. The molecule has 1 aromatic heterocycles. The molecule has 0 saturated carbocycles. The normalized spacial score (nSPS) is 17.1. The van der Waals surface area contributed by atoms with Gasteiger partial charge in [-0.05, 0) is 93.2 Å². The van der Waals surface area contributed by atoms with Crippen molar-refractivity contribution in [2.24, 2.45) is 0 Å². The van der Waals surface area contributed by atoms with Gasteiger partial charge >= 0.3 is 0 Å². The molecule has 0 bridgehead atoms. The second kappa shape index (κ2) is 11.5. The van der Waals surface area contributed by atoms with E-state index in [-0.39, 0.29) is 24.0 Å². The van der Waals surface area contributed by atoms with Gasteiger partial charge in [-0.2, -0.15) is 0 Å². The van der Waals surface area contributed by atoms with Crippen molar-refractivity contribution in [1.82, 2.24) is 15.5 Å². The SMILES string of the molecule is Cc1ccc(OC2CCNCC2)cc1C(=O)NC(C)c1cccc(-c2ccc(CN3CCCC3=O)s2)c1. The van der Waals surface area contributed by atoms with Gasteiger partial charge in [0.25, 0.3) is 5.91 Å². The van der Waals surface area contributed by atoms with E-state index in [1.54, 1.807) is 11.3 Å². The number of ether oxygens (including phenoxy) is 1. The smallest absolute Gasteiger partial charge is 0.252 e. The molecular formula is C30H35N3O3S. The number of nitrogens with one attached hydrogen (secondary N) is 2. The molecule has 2 fully saturated rings.